The van der Waals surface area contributed by atoms with Crippen LogP contribution in [0.25, 0.3) is 0 Å². The third kappa shape index (κ3) is 3.25. The van der Waals surface area contributed by atoms with Gasteiger partial charge in [0.25, 0.3) is 0 Å². The Morgan fingerprint density at radius 3 is 2.77 bits per heavy atom. The Bertz CT molecular complexity index is 152. The highest BCUT2D eigenvalue weighted by molar-refractivity contribution is 4.79. The summed E-state index contributed by atoms with van der Waals surface area (Å²) in [4.78, 5) is 2.27. The van der Waals surface area contributed by atoms with Gasteiger partial charge in [-0.2, -0.15) is 0 Å². The SMILES string of the molecule is CC(CO)CN1C[C@H](O)CC[C@H]1C. The first-order valence-electron chi connectivity index (χ1n) is 5.16. The quantitative estimate of drug-likeness (QED) is 0.674. The van der Waals surface area contributed by atoms with Gasteiger partial charge in [0.15, 0.2) is 0 Å². The molecule has 1 saturated heterocycles. The van der Waals surface area contributed by atoms with Crippen LogP contribution < -0.4 is 0 Å². The minimum absolute atomic E-state index is 0.165. The largest absolute Gasteiger partial charge is 0.396 e. The second kappa shape index (κ2) is 4.94. The van der Waals surface area contributed by atoms with Gasteiger partial charge in [-0.3, -0.25) is 4.90 Å². The van der Waals surface area contributed by atoms with E-state index in [1.165, 1.54) is 0 Å². The van der Waals surface area contributed by atoms with Gasteiger partial charge < -0.3 is 10.2 Å². The lowest BCUT2D eigenvalue weighted by Crippen LogP contribution is -2.46. The fourth-order valence-corrected chi connectivity index (χ4v) is 1.87. The van der Waals surface area contributed by atoms with Crippen LogP contribution >= 0.6 is 0 Å². The van der Waals surface area contributed by atoms with Crippen molar-refractivity contribution < 1.29 is 10.2 Å². The van der Waals surface area contributed by atoms with Gasteiger partial charge in [-0.25, -0.2) is 0 Å². The van der Waals surface area contributed by atoms with Crippen LogP contribution in [0.15, 0.2) is 0 Å². The number of hydrogen-bond acceptors (Lipinski definition) is 3. The number of rotatable bonds is 3. The van der Waals surface area contributed by atoms with Crippen LogP contribution in [0.4, 0.5) is 0 Å². The summed E-state index contributed by atoms with van der Waals surface area (Å²) in [5.41, 5.74) is 0. The number of piperidine rings is 1. The van der Waals surface area contributed by atoms with Crippen LogP contribution in [0.2, 0.25) is 0 Å². The van der Waals surface area contributed by atoms with E-state index in [1.54, 1.807) is 0 Å². The molecule has 0 aromatic rings. The van der Waals surface area contributed by atoms with Crippen LogP contribution in [0.3, 0.4) is 0 Å². The predicted octanol–water partition coefficient (Wildman–Crippen LogP) is 0.460. The highest BCUT2D eigenvalue weighted by atomic mass is 16.3. The number of likely N-dealkylation sites (tertiary alicyclic amines) is 1. The Balaban J connectivity index is 2.37. The highest BCUT2D eigenvalue weighted by Crippen LogP contribution is 2.17. The van der Waals surface area contributed by atoms with E-state index in [9.17, 15) is 5.11 Å². The van der Waals surface area contributed by atoms with Crippen molar-refractivity contribution in [3.05, 3.63) is 0 Å². The molecule has 3 heteroatoms. The van der Waals surface area contributed by atoms with Crippen molar-refractivity contribution in [3.8, 4) is 0 Å². The number of aliphatic hydroxyl groups is 2. The Morgan fingerprint density at radius 1 is 1.46 bits per heavy atom. The maximum absolute atomic E-state index is 9.48. The fourth-order valence-electron chi connectivity index (χ4n) is 1.87. The smallest absolute Gasteiger partial charge is 0.0667 e. The predicted molar refractivity (Wildman–Crippen MR) is 52.5 cm³/mol. The normalized spacial score (nSPS) is 33.2. The monoisotopic (exact) mass is 187 g/mol. The van der Waals surface area contributed by atoms with E-state index >= 15 is 0 Å². The molecule has 3 nitrogen and oxygen atoms in total. The van der Waals surface area contributed by atoms with Crippen molar-refractivity contribution in [2.75, 3.05) is 19.7 Å². The summed E-state index contributed by atoms with van der Waals surface area (Å²) in [5.74, 6) is 0.313. The molecule has 13 heavy (non-hydrogen) atoms. The Hall–Kier alpha value is -0.120. The number of hydrogen-bond donors (Lipinski definition) is 2. The third-order valence-electron chi connectivity index (χ3n) is 2.84. The molecule has 1 unspecified atom stereocenters. The van der Waals surface area contributed by atoms with E-state index in [-0.39, 0.29) is 12.7 Å². The lowest BCUT2D eigenvalue weighted by molar-refractivity contribution is 0.0278. The first kappa shape index (κ1) is 11.0. The molecule has 1 rings (SSSR count). The van der Waals surface area contributed by atoms with Crippen molar-refractivity contribution in [2.45, 2.75) is 38.8 Å². The van der Waals surface area contributed by atoms with E-state index in [2.05, 4.69) is 11.8 Å². The van der Waals surface area contributed by atoms with Crippen LogP contribution in [-0.2, 0) is 0 Å². The van der Waals surface area contributed by atoms with Crippen molar-refractivity contribution in [1.29, 1.82) is 0 Å². The van der Waals surface area contributed by atoms with Gasteiger partial charge >= 0.3 is 0 Å². The van der Waals surface area contributed by atoms with Crippen LogP contribution in [0, 0.1) is 5.92 Å². The Morgan fingerprint density at radius 2 is 2.15 bits per heavy atom. The minimum atomic E-state index is -0.165. The lowest BCUT2D eigenvalue weighted by atomic mass is 10.00. The Labute approximate surface area is 80.4 Å². The Kier molecular flexibility index (Phi) is 4.16. The molecule has 2 N–H and O–H groups in total. The molecule has 3 atom stereocenters. The average Bonchev–Trinajstić information content (AvgIpc) is 2.11. The van der Waals surface area contributed by atoms with Gasteiger partial charge in [0.05, 0.1) is 6.10 Å². The first-order chi connectivity index (χ1) is 6.13. The second-order valence-electron chi connectivity index (χ2n) is 4.32. The van der Waals surface area contributed by atoms with E-state index in [4.69, 9.17) is 5.11 Å². The first-order valence-corrected chi connectivity index (χ1v) is 5.16. The minimum Gasteiger partial charge on any atom is -0.396 e. The summed E-state index contributed by atoms with van der Waals surface area (Å²) in [6, 6.07) is 0.553. The van der Waals surface area contributed by atoms with Gasteiger partial charge in [-0.1, -0.05) is 6.92 Å². The highest BCUT2D eigenvalue weighted by Gasteiger charge is 2.24. The second-order valence-corrected chi connectivity index (χ2v) is 4.32. The molecular weight excluding hydrogens is 166 g/mol. The average molecular weight is 187 g/mol. The standard InChI is InChI=1S/C10H21NO2/c1-8(7-12)5-11-6-10(13)4-3-9(11)2/h8-10,12-13H,3-7H2,1-2H3/t8?,9-,10-/m1/s1. The van der Waals surface area contributed by atoms with Gasteiger partial charge in [-0.05, 0) is 25.7 Å². The number of nitrogens with zero attached hydrogens (tertiary/aromatic N) is 1. The maximum Gasteiger partial charge on any atom is 0.0667 e. The molecule has 1 heterocycles. The topological polar surface area (TPSA) is 43.7 Å². The molecule has 0 amide bonds. The van der Waals surface area contributed by atoms with Crippen LogP contribution in [0.5, 0.6) is 0 Å². The molecule has 0 aliphatic carbocycles. The summed E-state index contributed by atoms with van der Waals surface area (Å²) < 4.78 is 0. The van der Waals surface area contributed by atoms with Gasteiger partial charge in [-0.15, -0.1) is 0 Å². The molecule has 1 fully saturated rings. The summed E-state index contributed by atoms with van der Waals surface area (Å²) in [6.07, 6.45) is 1.83. The fraction of sp³-hybridized carbons (Fsp3) is 1.00. The zero-order valence-electron chi connectivity index (χ0n) is 8.61. The van der Waals surface area contributed by atoms with E-state index in [1.807, 2.05) is 6.92 Å². The molecular formula is C10H21NO2. The van der Waals surface area contributed by atoms with Crippen molar-refractivity contribution >= 4 is 0 Å². The summed E-state index contributed by atoms with van der Waals surface area (Å²) in [7, 11) is 0. The molecule has 78 valence electrons. The van der Waals surface area contributed by atoms with E-state index in [0.29, 0.717) is 12.0 Å². The molecule has 1 aliphatic rings. The van der Waals surface area contributed by atoms with Crippen molar-refractivity contribution in [1.82, 2.24) is 4.90 Å². The molecule has 0 bridgehead atoms. The van der Waals surface area contributed by atoms with E-state index < -0.39 is 0 Å². The molecule has 0 spiro atoms. The zero-order chi connectivity index (χ0) is 9.84. The maximum atomic E-state index is 9.48. The van der Waals surface area contributed by atoms with Crippen molar-refractivity contribution in [2.24, 2.45) is 5.92 Å². The molecule has 0 saturated carbocycles. The summed E-state index contributed by atoms with van der Waals surface area (Å²) >= 11 is 0. The van der Waals surface area contributed by atoms with Gasteiger partial charge in [0.1, 0.15) is 0 Å². The number of aliphatic hydroxyl groups excluding tert-OH is 2. The molecule has 0 radical (unpaired) electrons. The summed E-state index contributed by atoms with van der Waals surface area (Å²) in [6.45, 7) is 6.13. The number of β-amino-alcohol motifs (C(OH)–C–C–N with tert-alkyl or cyclic N) is 1. The molecule has 0 aromatic heterocycles. The lowest BCUT2D eigenvalue weighted by Gasteiger charge is -2.37. The zero-order valence-corrected chi connectivity index (χ0v) is 8.61. The van der Waals surface area contributed by atoms with Gasteiger partial charge in [0, 0.05) is 25.7 Å². The third-order valence-corrected chi connectivity index (χ3v) is 2.84. The van der Waals surface area contributed by atoms with Crippen molar-refractivity contribution in [3.63, 3.8) is 0 Å². The van der Waals surface area contributed by atoms with Crippen LogP contribution in [0.1, 0.15) is 26.7 Å². The molecule has 0 aromatic carbocycles. The molecule has 1 aliphatic heterocycles. The van der Waals surface area contributed by atoms with E-state index in [0.717, 1.165) is 25.9 Å². The van der Waals surface area contributed by atoms with Crippen LogP contribution in [-0.4, -0.2) is 47.0 Å². The summed E-state index contributed by atoms with van der Waals surface area (Å²) in [5, 5.41) is 18.4. The van der Waals surface area contributed by atoms with Gasteiger partial charge in [0.2, 0.25) is 0 Å².